The number of aliphatic hydroxyl groups excluding tert-OH is 1. The maximum absolute atomic E-state index is 12.0. The van der Waals surface area contributed by atoms with Crippen LogP contribution in [0.3, 0.4) is 0 Å². The number of esters is 1. The average molecular weight is 444 g/mol. The van der Waals surface area contributed by atoms with Gasteiger partial charge in [-0.15, -0.1) is 0 Å². The van der Waals surface area contributed by atoms with E-state index in [2.05, 4.69) is 18.7 Å². The van der Waals surface area contributed by atoms with E-state index in [9.17, 15) is 14.7 Å². The Balaban J connectivity index is 3.70. The minimum Gasteiger partial charge on any atom is -0.481 e. The van der Waals surface area contributed by atoms with E-state index >= 15 is 0 Å². The van der Waals surface area contributed by atoms with Crippen LogP contribution < -0.4 is 0 Å². The van der Waals surface area contributed by atoms with Crippen LogP contribution in [-0.2, 0) is 14.3 Å². The van der Waals surface area contributed by atoms with Crippen LogP contribution in [0.1, 0.15) is 117 Å². The summed E-state index contributed by atoms with van der Waals surface area (Å²) < 4.78 is 5.60. The molecule has 0 rings (SSSR count). The summed E-state index contributed by atoms with van der Waals surface area (Å²) in [6, 6.07) is 0. The topological polar surface area (TPSA) is 87.1 Å². The fraction of sp³-hybridized carbons (Fsp3) is 0.920. The molecule has 0 heterocycles. The van der Waals surface area contributed by atoms with Gasteiger partial charge >= 0.3 is 11.9 Å². The molecule has 2 N–H and O–H groups in total. The van der Waals surface area contributed by atoms with Crippen LogP contribution in [0, 0.1) is 0 Å². The fourth-order valence-corrected chi connectivity index (χ4v) is 3.90. The first-order valence-electron chi connectivity index (χ1n) is 12.8. The van der Waals surface area contributed by atoms with E-state index in [-0.39, 0.29) is 25.1 Å². The third-order valence-corrected chi connectivity index (χ3v) is 5.66. The van der Waals surface area contributed by atoms with E-state index in [0.717, 1.165) is 110 Å². The van der Waals surface area contributed by atoms with Gasteiger partial charge in [0.05, 0.1) is 6.61 Å². The van der Waals surface area contributed by atoms with Gasteiger partial charge < -0.3 is 19.8 Å². The van der Waals surface area contributed by atoms with Crippen molar-refractivity contribution in [3.8, 4) is 0 Å². The van der Waals surface area contributed by atoms with Crippen LogP contribution in [0.25, 0.3) is 0 Å². The van der Waals surface area contributed by atoms with Crippen LogP contribution in [0.5, 0.6) is 0 Å². The van der Waals surface area contributed by atoms with Crippen molar-refractivity contribution in [1.29, 1.82) is 0 Å². The summed E-state index contributed by atoms with van der Waals surface area (Å²) in [7, 11) is 0. The Morgan fingerprint density at radius 3 is 1.71 bits per heavy atom. The molecule has 6 nitrogen and oxygen atoms in total. The summed E-state index contributed by atoms with van der Waals surface area (Å²) in [5, 5.41) is 17.9. The Labute approximate surface area is 190 Å². The quantitative estimate of drug-likeness (QED) is 0.159. The molecule has 0 atom stereocenters. The Bertz CT molecular complexity index is 424. The molecule has 0 aromatic rings. The summed E-state index contributed by atoms with van der Waals surface area (Å²) in [5.41, 5.74) is 0. The van der Waals surface area contributed by atoms with Gasteiger partial charge in [-0.1, -0.05) is 65.2 Å². The number of hydrogen-bond acceptors (Lipinski definition) is 5. The SMILES string of the molecule is CCCC(CCC)OC(=O)CCCCCCCN(CCO)CCCCCCCC(=O)O. The largest absolute Gasteiger partial charge is 0.481 e. The van der Waals surface area contributed by atoms with E-state index in [1.807, 2.05) is 0 Å². The second kappa shape index (κ2) is 22.1. The molecule has 0 spiro atoms. The Morgan fingerprint density at radius 1 is 0.742 bits per heavy atom. The lowest BCUT2D eigenvalue weighted by Crippen LogP contribution is -2.29. The number of carbonyl (C=O) groups excluding carboxylic acids is 1. The molecule has 0 fully saturated rings. The molecule has 0 saturated carbocycles. The fourth-order valence-electron chi connectivity index (χ4n) is 3.90. The van der Waals surface area contributed by atoms with Crippen LogP contribution in [0.4, 0.5) is 0 Å². The zero-order valence-corrected chi connectivity index (χ0v) is 20.3. The molecule has 0 radical (unpaired) electrons. The van der Waals surface area contributed by atoms with Gasteiger partial charge in [0.15, 0.2) is 0 Å². The van der Waals surface area contributed by atoms with Gasteiger partial charge in [-0.3, -0.25) is 9.59 Å². The minimum atomic E-state index is -0.707. The van der Waals surface area contributed by atoms with E-state index in [1.54, 1.807) is 0 Å². The highest BCUT2D eigenvalue weighted by Gasteiger charge is 2.12. The van der Waals surface area contributed by atoms with Crippen LogP contribution >= 0.6 is 0 Å². The number of nitrogens with zero attached hydrogens (tertiary/aromatic N) is 1. The average Bonchev–Trinajstić information content (AvgIpc) is 2.72. The van der Waals surface area contributed by atoms with Gasteiger partial charge in [0.1, 0.15) is 6.10 Å². The first-order valence-corrected chi connectivity index (χ1v) is 12.8. The van der Waals surface area contributed by atoms with Crippen molar-refractivity contribution in [2.75, 3.05) is 26.2 Å². The number of ether oxygens (including phenoxy) is 1. The molecule has 0 saturated heterocycles. The first-order chi connectivity index (χ1) is 15.0. The van der Waals surface area contributed by atoms with Crippen molar-refractivity contribution in [3.63, 3.8) is 0 Å². The molecule has 184 valence electrons. The molecule has 6 heteroatoms. The highest BCUT2D eigenvalue weighted by Crippen LogP contribution is 2.13. The molecular weight excluding hydrogens is 394 g/mol. The zero-order chi connectivity index (χ0) is 23.2. The summed E-state index contributed by atoms with van der Waals surface area (Å²) in [6.07, 6.45) is 15.4. The van der Waals surface area contributed by atoms with Crippen molar-refractivity contribution in [1.82, 2.24) is 4.90 Å². The molecule has 0 bridgehead atoms. The molecule has 0 amide bonds. The molecule has 0 aromatic heterocycles. The van der Waals surface area contributed by atoms with Crippen LogP contribution in [-0.4, -0.2) is 59.4 Å². The monoisotopic (exact) mass is 443 g/mol. The smallest absolute Gasteiger partial charge is 0.306 e. The molecule has 0 aliphatic heterocycles. The van der Waals surface area contributed by atoms with Crippen molar-refractivity contribution >= 4 is 11.9 Å². The Morgan fingerprint density at radius 2 is 1.23 bits per heavy atom. The van der Waals surface area contributed by atoms with Gasteiger partial charge in [-0.05, 0) is 51.6 Å². The summed E-state index contributed by atoms with van der Waals surface area (Å²) in [4.78, 5) is 24.8. The third-order valence-electron chi connectivity index (χ3n) is 5.66. The van der Waals surface area contributed by atoms with Crippen LogP contribution in [0.15, 0.2) is 0 Å². The predicted octanol–water partition coefficient (Wildman–Crippen LogP) is 5.56. The number of unbranched alkanes of at least 4 members (excludes halogenated alkanes) is 8. The number of rotatable bonds is 23. The maximum atomic E-state index is 12.0. The second-order valence-corrected chi connectivity index (χ2v) is 8.68. The summed E-state index contributed by atoms with van der Waals surface area (Å²) in [6.45, 7) is 7.19. The van der Waals surface area contributed by atoms with Gasteiger partial charge in [-0.2, -0.15) is 0 Å². The molecule has 0 unspecified atom stereocenters. The lowest BCUT2D eigenvalue weighted by Gasteiger charge is -2.21. The summed E-state index contributed by atoms with van der Waals surface area (Å²) in [5.74, 6) is -0.745. The lowest BCUT2D eigenvalue weighted by atomic mass is 10.1. The molecule has 0 aliphatic rings. The zero-order valence-electron chi connectivity index (χ0n) is 20.3. The molecular formula is C25H49NO5. The second-order valence-electron chi connectivity index (χ2n) is 8.68. The number of carbonyl (C=O) groups is 2. The van der Waals surface area contributed by atoms with Crippen molar-refractivity contribution < 1.29 is 24.5 Å². The maximum Gasteiger partial charge on any atom is 0.306 e. The van der Waals surface area contributed by atoms with Gasteiger partial charge in [0.25, 0.3) is 0 Å². The third kappa shape index (κ3) is 20.5. The van der Waals surface area contributed by atoms with Crippen LogP contribution in [0.2, 0.25) is 0 Å². The molecule has 0 aromatic carbocycles. The number of aliphatic carboxylic acids is 1. The number of carboxylic acid groups (broad SMARTS) is 1. The predicted molar refractivity (Wildman–Crippen MR) is 126 cm³/mol. The Kier molecular flexibility index (Phi) is 21.3. The number of hydrogen-bond donors (Lipinski definition) is 2. The molecule has 31 heavy (non-hydrogen) atoms. The molecule has 0 aliphatic carbocycles. The summed E-state index contributed by atoms with van der Waals surface area (Å²) >= 11 is 0. The van der Waals surface area contributed by atoms with Crippen molar-refractivity contribution in [3.05, 3.63) is 0 Å². The number of carboxylic acids is 1. The van der Waals surface area contributed by atoms with E-state index < -0.39 is 5.97 Å². The Hall–Kier alpha value is -1.14. The van der Waals surface area contributed by atoms with Crippen molar-refractivity contribution in [2.24, 2.45) is 0 Å². The van der Waals surface area contributed by atoms with Gasteiger partial charge in [0, 0.05) is 19.4 Å². The van der Waals surface area contributed by atoms with E-state index in [4.69, 9.17) is 9.84 Å². The lowest BCUT2D eigenvalue weighted by molar-refractivity contribution is -0.150. The standard InChI is InChI=1S/C25H49NO5/c1-3-15-23(16-4-2)31-25(30)18-12-8-6-10-14-20-26(21-22-27)19-13-9-5-7-11-17-24(28)29/h23,27H,3-22H2,1-2H3,(H,28,29). The minimum absolute atomic E-state index is 0.0380. The van der Waals surface area contributed by atoms with E-state index in [0.29, 0.717) is 6.42 Å². The normalized spacial score (nSPS) is 11.4. The highest BCUT2D eigenvalue weighted by molar-refractivity contribution is 5.69. The highest BCUT2D eigenvalue weighted by atomic mass is 16.5. The first kappa shape index (κ1) is 29.9. The number of aliphatic hydroxyl groups is 1. The van der Waals surface area contributed by atoms with Gasteiger partial charge in [-0.25, -0.2) is 0 Å². The van der Waals surface area contributed by atoms with Crippen molar-refractivity contribution in [2.45, 2.75) is 123 Å². The van der Waals surface area contributed by atoms with E-state index in [1.165, 1.54) is 0 Å². The van der Waals surface area contributed by atoms with Gasteiger partial charge in [0.2, 0.25) is 0 Å².